The van der Waals surface area contributed by atoms with Crippen LogP contribution in [0.3, 0.4) is 0 Å². The Balaban J connectivity index is 1.46. The van der Waals surface area contributed by atoms with E-state index in [-0.39, 0.29) is 11.4 Å². The number of amides is 1. The largest absolute Gasteiger partial charge is 0.346 e. The summed E-state index contributed by atoms with van der Waals surface area (Å²) in [6, 6.07) is 10.5. The topological polar surface area (TPSA) is 56.0 Å². The fourth-order valence-electron chi connectivity index (χ4n) is 5.22. The maximum absolute atomic E-state index is 12.9. The molecule has 6 rings (SSSR count). The molecule has 2 bridgehead atoms. The van der Waals surface area contributed by atoms with E-state index >= 15 is 0 Å². The summed E-state index contributed by atoms with van der Waals surface area (Å²) in [7, 11) is 1.98. The predicted molar refractivity (Wildman–Crippen MR) is 90.4 cm³/mol. The summed E-state index contributed by atoms with van der Waals surface area (Å²) in [6.07, 6.45) is 5.21. The van der Waals surface area contributed by atoms with Gasteiger partial charge in [-0.1, -0.05) is 18.2 Å². The molecule has 2 aromatic rings. The van der Waals surface area contributed by atoms with Crippen molar-refractivity contribution < 1.29 is 4.79 Å². The lowest BCUT2D eigenvalue weighted by molar-refractivity contribution is 0.0629. The van der Waals surface area contributed by atoms with Crippen LogP contribution in [0.2, 0.25) is 0 Å². The van der Waals surface area contributed by atoms with Gasteiger partial charge in [0, 0.05) is 24.5 Å². The number of hydrogen-bond acceptors (Lipinski definition) is 2. The fraction of sp³-hybridized carbons (Fsp3) is 0.526. The van der Waals surface area contributed by atoms with Gasteiger partial charge in [0.25, 0.3) is 5.91 Å². The molecule has 4 fully saturated rings. The van der Waals surface area contributed by atoms with Gasteiger partial charge in [-0.25, -0.2) is 0 Å². The highest BCUT2D eigenvalue weighted by Crippen LogP contribution is 2.51. The number of fused-ring (bicyclic) bond motifs is 3. The third-order valence-electron chi connectivity index (χ3n) is 6.58. The number of aryl methyl sites for hydroxylation is 1. The van der Waals surface area contributed by atoms with E-state index in [0.29, 0.717) is 12.0 Å². The zero-order chi connectivity index (χ0) is 15.6. The van der Waals surface area contributed by atoms with Crippen LogP contribution in [0.25, 0.3) is 10.9 Å². The van der Waals surface area contributed by atoms with Gasteiger partial charge in [-0.15, -0.1) is 0 Å². The number of nitrogens with zero attached hydrogens (tertiary/aromatic N) is 1. The van der Waals surface area contributed by atoms with Crippen molar-refractivity contribution >= 4 is 16.8 Å². The molecule has 4 aliphatic rings. The van der Waals surface area contributed by atoms with E-state index in [2.05, 4.69) is 22.8 Å². The van der Waals surface area contributed by atoms with Gasteiger partial charge in [-0.2, -0.15) is 0 Å². The minimum atomic E-state index is 0.0781. The van der Waals surface area contributed by atoms with Crippen molar-refractivity contribution in [2.45, 2.75) is 37.3 Å². The Morgan fingerprint density at radius 3 is 2.70 bits per heavy atom. The van der Waals surface area contributed by atoms with Crippen LogP contribution in [-0.4, -0.2) is 28.6 Å². The molecule has 1 spiro atoms. The van der Waals surface area contributed by atoms with E-state index < -0.39 is 0 Å². The zero-order valence-electron chi connectivity index (χ0n) is 13.5. The van der Waals surface area contributed by atoms with Crippen LogP contribution in [0.15, 0.2) is 30.3 Å². The van der Waals surface area contributed by atoms with Gasteiger partial charge in [-0.3, -0.25) is 4.79 Å². The molecule has 2 atom stereocenters. The molecule has 23 heavy (non-hydrogen) atoms. The van der Waals surface area contributed by atoms with Gasteiger partial charge in [0.05, 0.1) is 11.6 Å². The highest BCUT2D eigenvalue weighted by molar-refractivity contribution is 5.99. The van der Waals surface area contributed by atoms with Crippen LogP contribution in [0, 0.1) is 11.8 Å². The number of rotatable bonds is 2. The van der Waals surface area contributed by atoms with Crippen molar-refractivity contribution in [3.8, 4) is 0 Å². The lowest BCUT2D eigenvalue weighted by Crippen LogP contribution is -2.60. The molecule has 2 N–H and O–H groups in total. The number of hydrogen-bond donors (Lipinski definition) is 2. The molecule has 4 heteroatoms. The fourth-order valence-corrected chi connectivity index (χ4v) is 5.22. The molecule has 1 aromatic heterocycles. The van der Waals surface area contributed by atoms with Crippen LogP contribution >= 0.6 is 0 Å². The Morgan fingerprint density at radius 2 is 2.00 bits per heavy atom. The predicted octanol–water partition coefficient (Wildman–Crippen LogP) is 2.44. The summed E-state index contributed by atoms with van der Waals surface area (Å²) in [5, 5.41) is 8.14. The molecule has 3 saturated carbocycles. The van der Waals surface area contributed by atoms with Crippen molar-refractivity contribution in [2.24, 2.45) is 18.9 Å². The van der Waals surface area contributed by atoms with Crippen molar-refractivity contribution in [1.29, 1.82) is 0 Å². The standard InChI is InChI=1S/C19H23N3O/c1-22-15-5-3-2-4-13(15)10-16(22)18(23)21-17-12-6-8-14(9-7-12)19(17)11-20-19/h2-5,10,12,14,17,20H,6-9,11H2,1H3,(H,21,23)/t12?,14?,17?,19-/m0/s1. The number of nitrogens with one attached hydrogen (secondary N) is 2. The Kier molecular flexibility index (Phi) is 2.72. The SMILES string of the molecule is Cn1c(C(=O)NC2C3CCC(CC3)[C@@]23CN3)cc2ccccc21. The summed E-state index contributed by atoms with van der Waals surface area (Å²) in [5.41, 5.74) is 2.09. The molecule has 0 radical (unpaired) electrons. The van der Waals surface area contributed by atoms with E-state index in [1.807, 2.05) is 29.8 Å². The maximum Gasteiger partial charge on any atom is 0.268 e. The van der Waals surface area contributed by atoms with Gasteiger partial charge < -0.3 is 15.2 Å². The molecule has 1 unspecified atom stereocenters. The molecule has 120 valence electrons. The summed E-state index contributed by atoms with van der Waals surface area (Å²) < 4.78 is 2.01. The molecular formula is C19H23N3O. The smallest absolute Gasteiger partial charge is 0.268 e. The van der Waals surface area contributed by atoms with E-state index in [0.717, 1.165) is 29.1 Å². The summed E-state index contributed by atoms with van der Waals surface area (Å²) in [6.45, 7) is 1.08. The van der Waals surface area contributed by atoms with Crippen LogP contribution in [0.1, 0.15) is 36.2 Å². The lowest BCUT2D eigenvalue weighted by Gasteiger charge is -2.48. The van der Waals surface area contributed by atoms with E-state index in [1.54, 1.807) is 0 Å². The first-order valence-electron chi connectivity index (χ1n) is 8.79. The maximum atomic E-state index is 12.9. The van der Waals surface area contributed by atoms with Crippen molar-refractivity contribution in [1.82, 2.24) is 15.2 Å². The lowest BCUT2D eigenvalue weighted by atomic mass is 9.61. The number of benzene rings is 1. The van der Waals surface area contributed by atoms with Crippen LogP contribution < -0.4 is 10.6 Å². The van der Waals surface area contributed by atoms with Crippen LogP contribution in [0.5, 0.6) is 0 Å². The molecular weight excluding hydrogens is 286 g/mol. The first-order valence-corrected chi connectivity index (χ1v) is 8.79. The summed E-state index contributed by atoms with van der Waals surface area (Å²) >= 11 is 0. The minimum absolute atomic E-state index is 0.0781. The van der Waals surface area contributed by atoms with Crippen LogP contribution in [0.4, 0.5) is 0 Å². The highest BCUT2D eigenvalue weighted by atomic mass is 16.2. The second-order valence-electron chi connectivity index (χ2n) is 7.60. The Hall–Kier alpha value is -1.81. The number of carbonyl (C=O) groups excluding carboxylic acids is 1. The van der Waals surface area contributed by atoms with Crippen molar-refractivity contribution in [2.75, 3.05) is 6.54 Å². The van der Waals surface area contributed by atoms with Gasteiger partial charge in [0.2, 0.25) is 0 Å². The Labute approximate surface area is 136 Å². The second kappa shape index (κ2) is 4.60. The average molecular weight is 309 g/mol. The molecule has 1 saturated heterocycles. The minimum Gasteiger partial charge on any atom is -0.346 e. The molecule has 4 nitrogen and oxygen atoms in total. The summed E-state index contributed by atoms with van der Waals surface area (Å²) in [5.74, 6) is 1.48. The molecule has 2 heterocycles. The molecule has 1 aliphatic heterocycles. The Bertz CT molecular complexity index is 781. The van der Waals surface area contributed by atoms with Crippen LogP contribution in [-0.2, 0) is 7.05 Å². The monoisotopic (exact) mass is 309 g/mol. The number of carbonyl (C=O) groups is 1. The first kappa shape index (κ1) is 13.6. The van der Waals surface area contributed by atoms with E-state index in [4.69, 9.17) is 0 Å². The number of para-hydroxylation sites is 1. The quantitative estimate of drug-likeness (QED) is 0.837. The first-order chi connectivity index (χ1) is 11.2. The van der Waals surface area contributed by atoms with E-state index in [1.165, 1.54) is 25.7 Å². The molecule has 1 amide bonds. The summed E-state index contributed by atoms with van der Waals surface area (Å²) in [4.78, 5) is 12.9. The Morgan fingerprint density at radius 1 is 1.26 bits per heavy atom. The molecule has 1 aromatic carbocycles. The van der Waals surface area contributed by atoms with Gasteiger partial charge >= 0.3 is 0 Å². The third kappa shape index (κ3) is 1.84. The second-order valence-corrected chi connectivity index (χ2v) is 7.60. The van der Waals surface area contributed by atoms with Gasteiger partial charge in [-0.05, 0) is 49.7 Å². The highest BCUT2D eigenvalue weighted by Gasteiger charge is 2.61. The zero-order valence-corrected chi connectivity index (χ0v) is 13.5. The normalized spacial score (nSPS) is 34.9. The van der Waals surface area contributed by atoms with Crippen molar-refractivity contribution in [3.05, 3.63) is 36.0 Å². The number of aromatic nitrogens is 1. The molecule has 3 aliphatic carbocycles. The van der Waals surface area contributed by atoms with E-state index in [9.17, 15) is 4.79 Å². The van der Waals surface area contributed by atoms with Gasteiger partial charge in [0.1, 0.15) is 5.69 Å². The average Bonchev–Trinajstić information content (AvgIpc) is 3.29. The third-order valence-corrected chi connectivity index (χ3v) is 6.58. The van der Waals surface area contributed by atoms with Crippen molar-refractivity contribution in [3.63, 3.8) is 0 Å². The van der Waals surface area contributed by atoms with Gasteiger partial charge in [0.15, 0.2) is 0 Å².